The van der Waals surface area contributed by atoms with Gasteiger partial charge in [-0.25, -0.2) is 0 Å². The van der Waals surface area contributed by atoms with Gasteiger partial charge in [0.15, 0.2) is 6.10 Å². The van der Waals surface area contributed by atoms with Crippen molar-refractivity contribution in [1.29, 1.82) is 5.26 Å². The van der Waals surface area contributed by atoms with Gasteiger partial charge in [0.25, 0.3) is 0 Å². The van der Waals surface area contributed by atoms with Gasteiger partial charge < -0.3 is 14.8 Å². The van der Waals surface area contributed by atoms with Crippen LogP contribution in [0.4, 0.5) is 0 Å². The zero-order chi connectivity index (χ0) is 16.1. The molecule has 118 valence electrons. The molecular formula is C18H17ClN2O2. The Morgan fingerprint density at radius 1 is 1.26 bits per heavy atom. The molecule has 0 amide bonds. The summed E-state index contributed by atoms with van der Waals surface area (Å²) in [4.78, 5) is 0. The Hall–Kier alpha value is -2.06. The second-order valence-corrected chi connectivity index (χ2v) is 5.75. The second kappa shape index (κ2) is 7.47. The van der Waals surface area contributed by atoms with Crippen LogP contribution >= 0.6 is 11.6 Å². The van der Waals surface area contributed by atoms with Crippen LogP contribution in [0, 0.1) is 11.3 Å². The lowest BCUT2D eigenvalue weighted by molar-refractivity contribution is -0.0433. The fourth-order valence-corrected chi connectivity index (χ4v) is 2.78. The Morgan fingerprint density at radius 3 is 2.78 bits per heavy atom. The van der Waals surface area contributed by atoms with Crippen LogP contribution in [-0.4, -0.2) is 25.8 Å². The maximum atomic E-state index is 9.30. The van der Waals surface area contributed by atoms with Crippen LogP contribution in [0.25, 0.3) is 0 Å². The SMILES string of the molecule is N#Cc1cc(Cl)ccc1OC(c1ccccc1)C1CNCCO1. The Labute approximate surface area is 140 Å². The molecule has 0 spiro atoms. The minimum absolute atomic E-state index is 0.117. The molecule has 1 aliphatic rings. The standard InChI is InChI=1S/C18H17ClN2O2/c19-15-6-7-16(14(10-15)11-20)23-18(13-4-2-1-3-5-13)17-12-21-8-9-22-17/h1-7,10,17-18,21H,8-9,12H2. The van der Waals surface area contributed by atoms with E-state index < -0.39 is 0 Å². The number of hydrogen-bond donors (Lipinski definition) is 1. The summed E-state index contributed by atoms with van der Waals surface area (Å²) in [5.41, 5.74) is 1.43. The van der Waals surface area contributed by atoms with Crippen LogP contribution in [0.3, 0.4) is 0 Å². The maximum absolute atomic E-state index is 9.30. The summed E-state index contributed by atoms with van der Waals surface area (Å²) in [5.74, 6) is 0.514. The third kappa shape index (κ3) is 3.83. The Morgan fingerprint density at radius 2 is 2.09 bits per heavy atom. The highest BCUT2D eigenvalue weighted by atomic mass is 35.5. The van der Waals surface area contributed by atoms with Crippen molar-refractivity contribution < 1.29 is 9.47 Å². The van der Waals surface area contributed by atoms with Crippen molar-refractivity contribution in [1.82, 2.24) is 5.32 Å². The fraction of sp³-hybridized carbons (Fsp3) is 0.278. The zero-order valence-corrected chi connectivity index (χ0v) is 13.3. The van der Waals surface area contributed by atoms with Gasteiger partial charge in [-0.05, 0) is 23.8 Å². The second-order valence-electron chi connectivity index (χ2n) is 5.31. The van der Waals surface area contributed by atoms with Gasteiger partial charge in [-0.15, -0.1) is 0 Å². The largest absolute Gasteiger partial charge is 0.482 e. The summed E-state index contributed by atoms with van der Waals surface area (Å²) in [5, 5.41) is 13.1. The number of hydrogen-bond acceptors (Lipinski definition) is 4. The molecule has 0 aliphatic carbocycles. The molecule has 23 heavy (non-hydrogen) atoms. The van der Waals surface area contributed by atoms with Gasteiger partial charge in [-0.1, -0.05) is 41.9 Å². The first kappa shape index (κ1) is 15.8. The van der Waals surface area contributed by atoms with E-state index in [2.05, 4.69) is 11.4 Å². The average molecular weight is 329 g/mol. The van der Waals surface area contributed by atoms with Crippen LogP contribution in [0.2, 0.25) is 5.02 Å². The molecule has 0 bridgehead atoms. The third-order valence-corrected chi connectivity index (χ3v) is 3.97. The highest BCUT2D eigenvalue weighted by Crippen LogP contribution is 2.30. The van der Waals surface area contributed by atoms with E-state index in [1.165, 1.54) is 0 Å². The van der Waals surface area contributed by atoms with Crippen LogP contribution in [0.15, 0.2) is 48.5 Å². The average Bonchev–Trinajstić information content (AvgIpc) is 2.62. The van der Waals surface area contributed by atoms with Gasteiger partial charge in [-0.2, -0.15) is 5.26 Å². The molecule has 1 N–H and O–H groups in total. The number of morpholine rings is 1. The van der Waals surface area contributed by atoms with Crippen molar-refractivity contribution in [2.45, 2.75) is 12.2 Å². The fourth-order valence-electron chi connectivity index (χ4n) is 2.61. The summed E-state index contributed by atoms with van der Waals surface area (Å²) in [7, 11) is 0. The lowest BCUT2D eigenvalue weighted by Crippen LogP contribution is -2.43. The van der Waals surface area contributed by atoms with E-state index in [9.17, 15) is 5.26 Å². The molecule has 3 rings (SSSR count). The number of halogens is 1. The quantitative estimate of drug-likeness (QED) is 0.935. The van der Waals surface area contributed by atoms with Crippen LogP contribution < -0.4 is 10.1 Å². The molecule has 0 aromatic heterocycles. The van der Waals surface area contributed by atoms with Crippen LogP contribution in [0.1, 0.15) is 17.2 Å². The number of rotatable bonds is 4. The van der Waals surface area contributed by atoms with E-state index in [0.29, 0.717) is 29.5 Å². The number of ether oxygens (including phenoxy) is 2. The van der Waals surface area contributed by atoms with E-state index in [-0.39, 0.29) is 12.2 Å². The summed E-state index contributed by atoms with van der Waals surface area (Å²) in [6, 6.07) is 17.1. The van der Waals surface area contributed by atoms with E-state index >= 15 is 0 Å². The van der Waals surface area contributed by atoms with Crippen LogP contribution in [0.5, 0.6) is 5.75 Å². The molecule has 1 aliphatic heterocycles. The molecule has 5 heteroatoms. The maximum Gasteiger partial charge on any atom is 0.151 e. The number of nitriles is 1. The minimum atomic E-state index is -0.294. The predicted molar refractivity (Wildman–Crippen MR) is 88.6 cm³/mol. The van der Waals surface area contributed by atoms with E-state index in [0.717, 1.165) is 12.1 Å². The highest BCUT2D eigenvalue weighted by Gasteiger charge is 2.28. The first-order valence-electron chi connectivity index (χ1n) is 7.51. The monoisotopic (exact) mass is 328 g/mol. The molecular weight excluding hydrogens is 312 g/mol. The topological polar surface area (TPSA) is 54.3 Å². The van der Waals surface area contributed by atoms with Crippen molar-refractivity contribution in [3.05, 3.63) is 64.7 Å². The van der Waals surface area contributed by atoms with Crippen molar-refractivity contribution in [2.24, 2.45) is 0 Å². The molecule has 2 aromatic carbocycles. The van der Waals surface area contributed by atoms with Gasteiger partial charge in [0.05, 0.1) is 12.2 Å². The van der Waals surface area contributed by atoms with Gasteiger partial charge in [0.1, 0.15) is 17.9 Å². The molecule has 1 saturated heterocycles. The Bertz CT molecular complexity index is 694. The van der Waals surface area contributed by atoms with Gasteiger partial charge in [-0.3, -0.25) is 0 Å². The van der Waals surface area contributed by atoms with E-state index in [1.807, 2.05) is 30.3 Å². The number of nitrogens with zero attached hydrogens (tertiary/aromatic N) is 1. The van der Waals surface area contributed by atoms with Gasteiger partial charge in [0.2, 0.25) is 0 Å². The normalized spacial score (nSPS) is 18.9. The molecule has 1 fully saturated rings. The van der Waals surface area contributed by atoms with Crippen molar-refractivity contribution >= 4 is 11.6 Å². The van der Waals surface area contributed by atoms with Crippen LogP contribution in [-0.2, 0) is 4.74 Å². The molecule has 2 atom stereocenters. The summed E-state index contributed by atoms with van der Waals surface area (Å²) >= 11 is 5.96. The number of nitrogens with one attached hydrogen (secondary N) is 1. The Kier molecular flexibility index (Phi) is 5.14. The summed E-state index contributed by atoms with van der Waals surface area (Å²) in [6.07, 6.45) is -0.411. The molecule has 0 saturated carbocycles. The van der Waals surface area contributed by atoms with Crippen molar-refractivity contribution in [3.8, 4) is 11.8 Å². The molecule has 4 nitrogen and oxygen atoms in total. The zero-order valence-electron chi connectivity index (χ0n) is 12.5. The third-order valence-electron chi connectivity index (χ3n) is 3.74. The predicted octanol–water partition coefficient (Wildman–Crippen LogP) is 3.32. The van der Waals surface area contributed by atoms with Crippen molar-refractivity contribution in [2.75, 3.05) is 19.7 Å². The molecule has 2 unspecified atom stereocenters. The lowest BCUT2D eigenvalue weighted by Gasteiger charge is -2.31. The Balaban J connectivity index is 1.91. The van der Waals surface area contributed by atoms with Crippen molar-refractivity contribution in [3.63, 3.8) is 0 Å². The van der Waals surface area contributed by atoms with Gasteiger partial charge in [0, 0.05) is 18.1 Å². The molecule has 0 radical (unpaired) electrons. The van der Waals surface area contributed by atoms with Gasteiger partial charge >= 0.3 is 0 Å². The van der Waals surface area contributed by atoms with E-state index in [4.69, 9.17) is 21.1 Å². The summed E-state index contributed by atoms with van der Waals surface area (Å²) < 4.78 is 12.0. The first-order valence-corrected chi connectivity index (χ1v) is 7.89. The minimum Gasteiger partial charge on any atom is -0.482 e. The first-order chi connectivity index (χ1) is 11.3. The lowest BCUT2D eigenvalue weighted by atomic mass is 10.0. The summed E-state index contributed by atoms with van der Waals surface area (Å²) in [6.45, 7) is 2.18. The molecule has 1 heterocycles. The highest BCUT2D eigenvalue weighted by molar-refractivity contribution is 6.30. The smallest absolute Gasteiger partial charge is 0.151 e. The number of benzene rings is 2. The molecule has 2 aromatic rings. The van der Waals surface area contributed by atoms with E-state index in [1.54, 1.807) is 18.2 Å².